The molecule has 1 atom stereocenters. The average molecular weight is 357 g/mol. The third-order valence-electron chi connectivity index (χ3n) is 5.12. The van der Waals surface area contributed by atoms with Crippen LogP contribution in [0.15, 0.2) is 85.4 Å². The number of para-hydroxylation sites is 1. The first kappa shape index (κ1) is 19.0. The van der Waals surface area contributed by atoms with Crippen molar-refractivity contribution in [1.29, 1.82) is 0 Å². The van der Waals surface area contributed by atoms with Crippen molar-refractivity contribution in [3.05, 3.63) is 102 Å². The third kappa shape index (κ3) is 4.89. The van der Waals surface area contributed by atoms with Crippen LogP contribution in [0.2, 0.25) is 0 Å². The molecular weight excluding hydrogens is 328 g/mol. The number of hydrogen-bond donors (Lipinski definition) is 0. The summed E-state index contributed by atoms with van der Waals surface area (Å²) in [5.41, 5.74) is 3.94. The Kier molecular flexibility index (Phi) is 6.13. The second-order valence-electron chi connectivity index (χ2n) is 7.38. The Bertz CT molecular complexity index is 864. The van der Waals surface area contributed by atoms with Gasteiger partial charge in [-0.25, -0.2) is 0 Å². The summed E-state index contributed by atoms with van der Waals surface area (Å²) >= 11 is 0. The van der Waals surface area contributed by atoms with Gasteiger partial charge < -0.3 is 4.74 Å². The molecule has 0 saturated heterocycles. The lowest BCUT2D eigenvalue weighted by atomic mass is 9.74. The first-order chi connectivity index (χ1) is 13.1. The van der Waals surface area contributed by atoms with E-state index < -0.39 is 0 Å². The lowest BCUT2D eigenvalue weighted by Gasteiger charge is -2.30. The maximum atomic E-state index is 6.02. The van der Waals surface area contributed by atoms with Crippen LogP contribution in [-0.4, -0.2) is 0 Å². The van der Waals surface area contributed by atoms with Gasteiger partial charge in [-0.05, 0) is 59.2 Å². The molecular formula is C26H28O. The van der Waals surface area contributed by atoms with Crippen LogP contribution >= 0.6 is 0 Å². The van der Waals surface area contributed by atoms with E-state index in [4.69, 9.17) is 4.74 Å². The molecule has 3 rings (SSSR count). The van der Waals surface area contributed by atoms with Crippen molar-refractivity contribution in [2.75, 3.05) is 0 Å². The maximum absolute atomic E-state index is 6.02. The Morgan fingerprint density at radius 1 is 0.889 bits per heavy atom. The third-order valence-corrected chi connectivity index (χ3v) is 5.12. The molecule has 3 aromatic carbocycles. The first-order valence-corrected chi connectivity index (χ1v) is 9.68. The molecule has 0 aliphatic heterocycles. The lowest BCUT2D eigenvalue weighted by molar-refractivity contribution is 0.423. The molecule has 0 radical (unpaired) electrons. The number of hydrogen-bond acceptors (Lipinski definition) is 1. The van der Waals surface area contributed by atoms with Crippen molar-refractivity contribution in [2.45, 2.75) is 38.5 Å². The summed E-state index contributed by atoms with van der Waals surface area (Å²) in [7, 11) is 0. The van der Waals surface area contributed by atoms with Gasteiger partial charge in [0, 0.05) is 0 Å². The molecule has 0 amide bonds. The smallest absolute Gasteiger partial charge is 0.127 e. The van der Waals surface area contributed by atoms with Gasteiger partial charge in [-0.1, -0.05) is 87.5 Å². The molecule has 3 aromatic rings. The number of ether oxygens (including phenoxy) is 1. The van der Waals surface area contributed by atoms with Crippen LogP contribution in [0.1, 0.15) is 43.4 Å². The van der Waals surface area contributed by atoms with Crippen molar-refractivity contribution >= 4 is 6.08 Å². The molecule has 0 bridgehead atoms. The lowest BCUT2D eigenvalue weighted by Crippen LogP contribution is -2.25. The van der Waals surface area contributed by atoms with Gasteiger partial charge in [-0.2, -0.15) is 0 Å². The summed E-state index contributed by atoms with van der Waals surface area (Å²) in [5, 5.41) is 0. The summed E-state index contributed by atoms with van der Waals surface area (Å²) in [6, 6.07) is 27.2. The van der Waals surface area contributed by atoms with Crippen molar-refractivity contribution in [3.8, 4) is 11.5 Å². The first-order valence-electron chi connectivity index (χ1n) is 9.68. The highest BCUT2D eigenvalue weighted by molar-refractivity contribution is 5.48. The largest absolute Gasteiger partial charge is 0.457 e. The molecule has 1 heteroatoms. The van der Waals surface area contributed by atoms with E-state index in [-0.39, 0.29) is 5.41 Å². The molecule has 0 aliphatic carbocycles. The van der Waals surface area contributed by atoms with E-state index in [1.165, 1.54) is 11.1 Å². The Hall–Kier alpha value is -2.80. The Labute approximate surface area is 163 Å². The van der Waals surface area contributed by atoms with Gasteiger partial charge in [0.2, 0.25) is 0 Å². The van der Waals surface area contributed by atoms with Crippen LogP contribution in [0.3, 0.4) is 0 Å². The highest BCUT2D eigenvalue weighted by Crippen LogP contribution is 2.34. The standard InChI is InChI=1S/C26H28O/c1-4-18-26(3,23-16-14-21(5-2)15-17-23)20-22-10-9-13-25(19-22)27-24-11-7-6-8-12-24/h5-17,19H,2,4,18,20H2,1,3H3. The van der Waals surface area contributed by atoms with Gasteiger partial charge in [0.1, 0.15) is 11.5 Å². The zero-order valence-corrected chi connectivity index (χ0v) is 16.3. The summed E-state index contributed by atoms with van der Waals surface area (Å²) in [5.74, 6) is 1.76. The van der Waals surface area contributed by atoms with Gasteiger partial charge in [0.15, 0.2) is 0 Å². The number of benzene rings is 3. The quantitative estimate of drug-likeness (QED) is 0.408. The van der Waals surface area contributed by atoms with E-state index in [0.29, 0.717) is 0 Å². The predicted octanol–water partition coefficient (Wildman–Crippen LogP) is 7.42. The minimum absolute atomic E-state index is 0.0970. The zero-order valence-electron chi connectivity index (χ0n) is 16.3. The van der Waals surface area contributed by atoms with Crippen LogP contribution in [0.4, 0.5) is 0 Å². The Morgan fingerprint density at radius 2 is 1.59 bits per heavy atom. The molecule has 0 saturated carbocycles. The van der Waals surface area contributed by atoms with E-state index >= 15 is 0 Å². The number of rotatable bonds is 8. The normalized spacial score (nSPS) is 13.0. The van der Waals surface area contributed by atoms with E-state index in [1.807, 2.05) is 42.5 Å². The molecule has 138 valence electrons. The predicted molar refractivity (Wildman–Crippen MR) is 115 cm³/mol. The second kappa shape index (κ2) is 8.73. The van der Waals surface area contributed by atoms with Crippen molar-refractivity contribution in [3.63, 3.8) is 0 Å². The summed E-state index contributed by atoms with van der Waals surface area (Å²) in [4.78, 5) is 0. The fourth-order valence-electron chi connectivity index (χ4n) is 3.70. The second-order valence-corrected chi connectivity index (χ2v) is 7.38. The van der Waals surface area contributed by atoms with Crippen LogP contribution in [0.25, 0.3) is 6.08 Å². The molecule has 1 unspecified atom stereocenters. The topological polar surface area (TPSA) is 9.23 Å². The van der Waals surface area contributed by atoms with Crippen molar-refractivity contribution in [1.82, 2.24) is 0 Å². The van der Waals surface area contributed by atoms with Crippen molar-refractivity contribution < 1.29 is 4.74 Å². The SMILES string of the molecule is C=Cc1ccc(C(C)(CCC)Cc2cccc(Oc3ccccc3)c2)cc1. The van der Waals surface area contributed by atoms with Gasteiger partial charge in [0.25, 0.3) is 0 Å². The van der Waals surface area contributed by atoms with Crippen LogP contribution in [0, 0.1) is 0 Å². The minimum Gasteiger partial charge on any atom is -0.457 e. The average Bonchev–Trinajstić information content (AvgIpc) is 2.69. The maximum Gasteiger partial charge on any atom is 0.127 e. The van der Waals surface area contributed by atoms with E-state index in [9.17, 15) is 0 Å². The summed E-state index contributed by atoms with van der Waals surface area (Å²) < 4.78 is 6.02. The molecule has 0 fully saturated rings. The fraction of sp³-hybridized carbons (Fsp3) is 0.231. The van der Waals surface area contributed by atoms with Crippen molar-refractivity contribution in [2.24, 2.45) is 0 Å². The summed E-state index contributed by atoms with van der Waals surface area (Å²) in [6.07, 6.45) is 5.18. The fourth-order valence-corrected chi connectivity index (χ4v) is 3.70. The summed E-state index contributed by atoms with van der Waals surface area (Å²) in [6.45, 7) is 8.48. The van der Waals surface area contributed by atoms with E-state index in [1.54, 1.807) is 0 Å². The molecule has 1 nitrogen and oxygen atoms in total. The molecule has 0 aromatic heterocycles. The van der Waals surface area contributed by atoms with Gasteiger partial charge >= 0.3 is 0 Å². The zero-order chi connectivity index (χ0) is 19.1. The molecule has 27 heavy (non-hydrogen) atoms. The van der Waals surface area contributed by atoms with Crippen LogP contribution in [0.5, 0.6) is 11.5 Å². The minimum atomic E-state index is 0.0970. The van der Waals surface area contributed by atoms with Gasteiger partial charge in [-0.15, -0.1) is 0 Å². The van der Waals surface area contributed by atoms with Crippen LogP contribution < -0.4 is 4.74 Å². The Balaban J connectivity index is 1.83. The van der Waals surface area contributed by atoms with E-state index in [0.717, 1.165) is 36.3 Å². The molecule has 0 spiro atoms. The molecule has 0 aliphatic rings. The van der Waals surface area contributed by atoms with Gasteiger partial charge in [0.05, 0.1) is 0 Å². The molecule has 0 N–H and O–H groups in total. The van der Waals surface area contributed by atoms with Crippen LogP contribution in [-0.2, 0) is 11.8 Å². The monoisotopic (exact) mass is 356 g/mol. The van der Waals surface area contributed by atoms with Gasteiger partial charge in [-0.3, -0.25) is 0 Å². The van der Waals surface area contributed by atoms with E-state index in [2.05, 4.69) is 62.9 Å². The Morgan fingerprint density at radius 3 is 2.26 bits per heavy atom. The highest BCUT2D eigenvalue weighted by atomic mass is 16.5. The molecule has 0 heterocycles. The highest BCUT2D eigenvalue weighted by Gasteiger charge is 2.26.